The quantitative estimate of drug-likeness (QED) is 0.295. The summed E-state index contributed by atoms with van der Waals surface area (Å²) in [6.07, 6.45) is 1.69. The Labute approximate surface area is 200 Å². The van der Waals surface area contributed by atoms with E-state index in [1.54, 1.807) is 20.8 Å². The molecule has 1 aliphatic carbocycles. The van der Waals surface area contributed by atoms with Gasteiger partial charge >= 0.3 is 18.0 Å². The van der Waals surface area contributed by atoms with Gasteiger partial charge in [0.25, 0.3) is 0 Å². The number of ether oxygens (including phenoxy) is 1. The first-order chi connectivity index (χ1) is 15.7. The third-order valence-corrected chi connectivity index (χ3v) is 5.94. The molecule has 1 rings (SSSR count). The van der Waals surface area contributed by atoms with E-state index < -0.39 is 54.0 Å². The molecular weight excluding hydrogens is 446 g/mol. The molecule has 0 bridgehead atoms. The fourth-order valence-corrected chi connectivity index (χ4v) is 3.78. The molecule has 11 nitrogen and oxygen atoms in total. The largest absolute Gasteiger partial charge is 0.481 e. The molecule has 0 aromatic heterocycles. The standard InChI is InChI=1S/C23H39N3O8/c1-6-13(2)18(26-22(33)34-23(3,4)5)20(30)24-12-14-7-9-15(10-8-14)19(29)25-16(21(31)32)11-17(27)28/h13-16,18H,6-12H2,1-5H3,(H,24,30)(H,25,29)(H,26,33)(H,27,28)(H,31,32). The molecule has 0 radical (unpaired) electrons. The normalized spacial score (nSPS) is 20.9. The summed E-state index contributed by atoms with van der Waals surface area (Å²) in [6.45, 7) is 9.44. The van der Waals surface area contributed by atoms with Gasteiger partial charge in [0, 0.05) is 12.5 Å². The third kappa shape index (κ3) is 10.4. The zero-order chi connectivity index (χ0) is 26.1. The second-order valence-electron chi connectivity index (χ2n) is 9.97. The van der Waals surface area contributed by atoms with Crippen LogP contribution < -0.4 is 16.0 Å². The SMILES string of the molecule is CCC(C)C(NC(=O)OC(C)(C)C)C(=O)NCC1CCC(C(=O)NC(CC(=O)O)C(=O)O)CC1. The van der Waals surface area contributed by atoms with E-state index in [0.29, 0.717) is 38.6 Å². The van der Waals surface area contributed by atoms with Crippen LogP contribution in [0.3, 0.4) is 0 Å². The maximum Gasteiger partial charge on any atom is 0.408 e. The Balaban J connectivity index is 2.55. The van der Waals surface area contributed by atoms with Gasteiger partial charge < -0.3 is 30.9 Å². The molecule has 1 saturated carbocycles. The summed E-state index contributed by atoms with van der Waals surface area (Å²) in [6, 6.07) is -2.19. The first-order valence-corrected chi connectivity index (χ1v) is 11.8. The van der Waals surface area contributed by atoms with Gasteiger partial charge in [-0.05, 0) is 58.3 Å². The molecule has 34 heavy (non-hydrogen) atoms. The monoisotopic (exact) mass is 485 g/mol. The van der Waals surface area contributed by atoms with Crippen molar-refractivity contribution >= 4 is 29.8 Å². The number of carbonyl (C=O) groups is 5. The Kier molecular flexibility index (Phi) is 11.3. The minimum absolute atomic E-state index is 0.0973. The van der Waals surface area contributed by atoms with Gasteiger partial charge in [-0.15, -0.1) is 0 Å². The fraction of sp³-hybridized carbons (Fsp3) is 0.783. The highest BCUT2D eigenvalue weighted by Crippen LogP contribution is 2.28. The summed E-state index contributed by atoms with van der Waals surface area (Å²) in [5.74, 6) is -3.80. The van der Waals surface area contributed by atoms with Crippen LogP contribution in [0.15, 0.2) is 0 Å². The van der Waals surface area contributed by atoms with Gasteiger partial charge in [-0.2, -0.15) is 0 Å². The van der Waals surface area contributed by atoms with E-state index in [2.05, 4.69) is 16.0 Å². The molecule has 1 aliphatic rings. The van der Waals surface area contributed by atoms with Gasteiger partial charge in [0.15, 0.2) is 0 Å². The number of nitrogens with one attached hydrogen (secondary N) is 3. The topological polar surface area (TPSA) is 171 Å². The molecule has 0 saturated heterocycles. The third-order valence-electron chi connectivity index (χ3n) is 5.94. The summed E-state index contributed by atoms with van der Waals surface area (Å²) in [4.78, 5) is 59.3. The van der Waals surface area contributed by atoms with Crippen LogP contribution in [0.25, 0.3) is 0 Å². The number of hydrogen-bond acceptors (Lipinski definition) is 6. The Bertz CT molecular complexity index is 741. The van der Waals surface area contributed by atoms with Crippen molar-refractivity contribution in [1.29, 1.82) is 0 Å². The zero-order valence-corrected chi connectivity index (χ0v) is 20.7. The molecular formula is C23H39N3O8. The number of aliphatic carboxylic acids is 2. The molecule has 1 fully saturated rings. The summed E-state index contributed by atoms with van der Waals surface area (Å²) in [5, 5.41) is 25.8. The van der Waals surface area contributed by atoms with E-state index >= 15 is 0 Å². The highest BCUT2D eigenvalue weighted by molar-refractivity contribution is 5.88. The highest BCUT2D eigenvalue weighted by Gasteiger charge is 2.32. The lowest BCUT2D eigenvalue weighted by Gasteiger charge is -2.30. The van der Waals surface area contributed by atoms with Crippen molar-refractivity contribution in [3.63, 3.8) is 0 Å². The predicted molar refractivity (Wildman–Crippen MR) is 123 cm³/mol. The Morgan fingerprint density at radius 3 is 2.06 bits per heavy atom. The minimum atomic E-state index is -1.46. The second kappa shape index (κ2) is 13.1. The molecule has 0 aliphatic heterocycles. The molecule has 3 atom stereocenters. The molecule has 0 heterocycles. The van der Waals surface area contributed by atoms with E-state index in [1.165, 1.54) is 0 Å². The number of carboxylic acid groups (broad SMARTS) is 2. The van der Waals surface area contributed by atoms with Gasteiger partial charge in [0.1, 0.15) is 17.7 Å². The van der Waals surface area contributed by atoms with Crippen LogP contribution in [0.1, 0.15) is 73.1 Å². The predicted octanol–water partition coefficient (Wildman–Crippen LogP) is 1.89. The summed E-state index contributed by atoms with van der Waals surface area (Å²) in [5.41, 5.74) is -0.677. The van der Waals surface area contributed by atoms with Crippen molar-refractivity contribution in [3.05, 3.63) is 0 Å². The van der Waals surface area contributed by atoms with Gasteiger partial charge in [0.2, 0.25) is 11.8 Å². The minimum Gasteiger partial charge on any atom is -0.481 e. The van der Waals surface area contributed by atoms with Crippen LogP contribution in [0, 0.1) is 17.8 Å². The number of hydrogen-bond donors (Lipinski definition) is 5. The molecule has 0 aromatic carbocycles. The van der Waals surface area contributed by atoms with Crippen LogP contribution >= 0.6 is 0 Å². The Hall–Kier alpha value is -2.85. The van der Waals surface area contributed by atoms with Crippen molar-refractivity contribution in [1.82, 2.24) is 16.0 Å². The summed E-state index contributed by atoms with van der Waals surface area (Å²) in [7, 11) is 0. The van der Waals surface area contributed by atoms with E-state index in [-0.39, 0.29) is 17.7 Å². The van der Waals surface area contributed by atoms with Crippen LogP contribution in [-0.4, -0.2) is 64.3 Å². The smallest absolute Gasteiger partial charge is 0.408 e. The molecule has 194 valence electrons. The molecule has 0 spiro atoms. The average molecular weight is 486 g/mol. The lowest BCUT2D eigenvalue weighted by Crippen LogP contribution is -2.52. The van der Waals surface area contributed by atoms with E-state index in [1.807, 2.05) is 13.8 Å². The molecule has 5 N–H and O–H groups in total. The number of rotatable bonds is 11. The highest BCUT2D eigenvalue weighted by atomic mass is 16.6. The first kappa shape index (κ1) is 29.2. The van der Waals surface area contributed by atoms with Crippen LogP contribution in [0.5, 0.6) is 0 Å². The van der Waals surface area contributed by atoms with Crippen molar-refractivity contribution in [2.45, 2.75) is 90.8 Å². The van der Waals surface area contributed by atoms with Crippen LogP contribution in [-0.2, 0) is 23.9 Å². The lowest BCUT2D eigenvalue weighted by molar-refractivity contribution is -0.147. The van der Waals surface area contributed by atoms with Gasteiger partial charge in [0.05, 0.1) is 6.42 Å². The van der Waals surface area contributed by atoms with Crippen molar-refractivity contribution in [3.8, 4) is 0 Å². The molecule has 11 heteroatoms. The van der Waals surface area contributed by atoms with E-state index in [0.717, 1.165) is 0 Å². The average Bonchev–Trinajstić information content (AvgIpc) is 2.73. The van der Waals surface area contributed by atoms with Gasteiger partial charge in [-0.1, -0.05) is 20.3 Å². The van der Waals surface area contributed by atoms with Crippen LogP contribution in [0.4, 0.5) is 4.79 Å². The van der Waals surface area contributed by atoms with Crippen molar-refractivity contribution in [2.24, 2.45) is 17.8 Å². The molecule has 0 aromatic rings. The van der Waals surface area contributed by atoms with Crippen molar-refractivity contribution in [2.75, 3.05) is 6.54 Å². The first-order valence-electron chi connectivity index (χ1n) is 11.8. The Morgan fingerprint density at radius 2 is 1.59 bits per heavy atom. The zero-order valence-electron chi connectivity index (χ0n) is 20.7. The van der Waals surface area contributed by atoms with Crippen LogP contribution in [0.2, 0.25) is 0 Å². The maximum absolute atomic E-state index is 12.8. The summed E-state index contributed by atoms with van der Waals surface area (Å²) < 4.78 is 5.27. The van der Waals surface area contributed by atoms with Gasteiger partial charge in [-0.25, -0.2) is 9.59 Å². The fourth-order valence-electron chi connectivity index (χ4n) is 3.78. The number of carboxylic acids is 2. The lowest BCUT2D eigenvalue weighted by atomic mass is 9.81. The number of alkyl carbamates (subject to hydrolysis) is 1. The van der Waals surface area contributed by atoms with Gasteiger partial charge in [-0.3, -0.25) is 14.4 Å². The van der Waals surface area contributed by atoms with E-state index in [4.69, 9.17) is 14.9 Å². The maximum atomic E-state index is 12.8. The number of carbonyl (C=O) groups excluding carboxylic acids is 3. The number of amides is 3. The van der Waals surface area contributed by atoms with Crippen molar-refractivity contribution < 1.29 is 38.9 Å². The second-order valence-corrected chi connectivity index (χ2v) is 9.97. The summed E-state index contributed by atoms with van der Waals surface area (Å²) >= 11 is 0. The molecule has 3 unspecified atom stereocenters. The van der Waals surface area contributed by atoms with E-state index in [9.17, 15) is 24.0 Å². The Morgan fingerprint density at radius 1 is 1.00 bits per heavy atom. The molecule has 3 amide bonds.